The van der Waals surface area contributed by atoms with Crippen LogP contribution in [0, 0.1) is 23.2 Å². The molecule has 0 aromatic heterocycles. The molecular weight excluding hydrogens is 96.1 g/mol. The molecule has 2 unspecified atom stereocenters. The molecule has 0 spiro atoms. The van der Waals surface area contributed by atoms with E-state index in [1.54, 1.807) is 0 Å². The maximum Gasteiger partial charge on any atom is -0.0266 e. The Morgan fingerprint density at radius 2 is 1.75 bits per heavy atom. The van der Waals surface area contributed by atoms with E-state index in [0.717, 1.165) is 23.2 Å². The van der Waals surface area contributed by atoms with Crippen LogP contribution in [-0.4, -0.2) is 0 Å². The zero-order chi connectivity index (χ0) is 5.94. The molecule has 3 saturated carbocycles. The van der Waals surface area contributed by atoms with E-state index in [0.29, 0.717) is 0 Å². The SMILES string of the molecule is CC1C2CC1(C)C2C. The van der Waals surface area contributed by atoms with Gasteiger partial charge in [0.1, 0.15) is 0 Å². The molecule has 2 atom stereocenters. The standard InChI is InChI=1S/C8H14/c1-5-7-4-8(5,3)6(7)2/h5-7H,4H2,1-3H3. The average molecular weight is 110 g/mol. The van der Waals surface area contributed by atoms with Crippen LogP contribution in [0.15, 0.2) is 0 Å². The predicted octanol–water partition coefficient (Wildman–Crippen LogP) is 2.30. The van der Waals surface area contributed by atoms with Crippen LogP contribution >= 0.6 is 0 Å². The van der Waals surface area contributed by atoms with Gasteiger partial charge in [-0.1, -0.05) is 20.8 Å². The minimum atomic E-state index is 0.782. The Hall–Kier alpha value is 0. The van der Waals surface area contributed by atoms with Gasteiger partial charge in [0.2, 0.25) is 0 Å². The molecule has 0 aromatic carbocycles. The summed E-state index contributed by atoms with van der Waals surface area (Å²) in [6.45, 7) is 7.23. The molecule has 3 aliphatic carbocycles. The largest absolute Gasteiger partial charge is 0.0617 e. The van der Waals surface area contributed by atoms with Gasteiger partial charge in [0.25, 0.3) is 0 Å². The second-order valence-corrected chi connectivity index (χ2v) is 3.95. The molecular formula is C8H14. The van der Waals surface area contributed by atoms with Crippen LogP contribution in [0.3, 0.4) is 0 Å². The minimum Gasteiger partial charge on any atom is -0.0617 e. The van der Waals surface area contributed by atoms with Crippen molar-refractivity contribution >= 4 is 0 Å². The van der Waals surface area contributed by atoms with E-state index < -0.39 is 0 Å². The van der Waals surface area contributed by atoms with E-state index in [2.05, 4.69) is 20.8 Å². The van der Waals surface area contributed by atoms with Gasteiger partial charge in [-0.15, -0.1) is 0 Å². The van der Waals surface area contributed by atoms with Crippen LogP contribution in [-0.2, 0) is 0 Å². The van der Waals surface area contributed by atoms with Crippen molar-refractivity contribution in [2.45, 2.75) is 27.2 Å². The Morgan fingerprint density at radius 1 is 1.25 bits per heavy atom. The first kappa shape index (κ1) is 4.84. The highest BCUT2D eigenvalue weighted by molar-refractivity contribution is 5.13. The fraction of sp³-hybridized carbons (Fsp3) is 1.00. The predicted molar refractivity (Wildman–Crippen MR) is 34.5 cm³/mol. The van der Waals surface area contributed by atoms with Gasteiger partial charge in [0, 0.05) is 0 Å². The van der Waals surface area contributed by atoms with E-state index >= 15 is 0 Å². The fourth-order valence-corrected chi connectivity index (χ4v) is 2.62. The van der Waals surface area contributed by atoms with Crippen molar-refractivity contribution in [1.29, 1.82) is 0 Å². The van der Waals surface area contributed by atoms with Crippen molar-refractivity contribution in [2.75, 3.05) is 0 Å². The Kier molecular flexibility index (Phi) is 0.595. The highest BCUT2D eigenvalue weighted by Gasteiger charge is 2.65. The van der Waals surface area contributed by atoms with Crippen molar-refractivity contribution in [2.24, 2.45) is 23.2 Å². The van der Waals surface area contributed by atoms with Gasteiger partial charge in [-0.3, -0.25) is 0 Å². The van der Waals surface area contributed by atoms with E-state index in [-0.39, 0.29) is 0 Å². The summed E-state index contributed by atoms with van der Waals surface area (Å²) in [7, 11) is 0. The maximum atomic E-state index is 2.43. The van der Waals surface area contributed by atoms with Crippen molar-refractivity contribution in [3.63, 3.8) is 0 Å². The Bertz CT molecular complexity index is 116. The van der Waals surface area contributed by atoms with Crippen LogP contribution in [0.4, 0.5) is 0 Å². The second-order valence-electron chi connectivity index (χ2n) is 3.95. The molecule has 0 heterocycles. The molecule has 2 bridgehead atoms. The molecule has 0 saturated heterocycles. The smallest absolute Gasteiger partial charge is 0.0266 e. The Morgan fingerprint density at radius 3 is 1.75 bits per heavy atom. The molecule has 46 valence electrons. The van der Waals surface area contributed by atoms with Gasteiger partial charge >= 0.3 is 0 Å². The zero-order valence-electron chi connectivity index (χ0n) is 5.94. The first-order chi connectivity index (χ1) is 3.66. The molecule has 0 amide bonds. The highest BCUT2D eigenvalue weighted by atomic mass is 14.7. The van der Waals surface area contributed by atoms with Gasteiger partial charge in [0.05, 0.1) is 0 Å². The first-order valence-corrected chi connectivity index (χ1v) is 3.66. The summed E-state index contributed by atoms with van der Waals surface area (Å²) in [5, 5.41) is 0. The van der Waals surface area contributed by atoms with Crippen molar-refractivity contribution in [1.82, 2.24) is 0 Å². The molecule has 0 radical (unpaired) electrons. The molecule has 0 nitrogen and oxygen atoms in total. The molecule has 8 heavy (non-hydrogen) atoms. The highest BCUT2D eigenvalue weighted by Crippen LogP contribution is 2.71. The topological polar surface area (TPSA) is 0 Å². The summed E-state index contributed by atoms with van der Waals surface area (Å²) >= 11 is 0. The minimum absolute atomic E-state index is 0.782. The maximum absolute atomic E-state index is 2.43. The number of hydrogen-bond donors (Lipinski definition) is 0. The van der Waals surface area contributed by atoms with Crippen LogP contribution in [0.5, 0.6) is 0 Å². The molecule has 0 aromatic rings. The Balaban J connectivity index is 2.18. The van der Waals surface area contributed by atoms with E-state index in [1.807, 2.05) is 0 Å². The quantitative estimate of drug-likeness (QED) is 0.449. The number of hydrogen-bond acceptors (Lipinski definition) is 0. The summed E-state index contributed by atoms with van der Waals surface area (Å²) in [5.74, 6) is 3.22. The molecule has 3 fully saturated rings. The second kappa shape index (κ2) is 0.984. The van der Waals surface area contributed by atoms with Gasteiger partial charge in [0.15, 0.2) is 0 Å². The van der Waals surface area contributed by atoms with Crippen LogP contribution in [0.2, 0.25) is 0 Å². The van der Waals surface area contributed by atoms with Crippen molar-refractivity contribution in [3.8, 4) is 0 Å². The van der Waals surface area contributed by atoms with E-state index in [1.165, 1.54) is 6.42 Å². The van der Waals surface area contributed by atoms with Crippen molar-refractivity contribution in [3.05, 3.63) is 0 Å². The Labute approximate surface area is 51.3 Å². The summed E-state index contributed by atoms with van der Waals surface area (Å²) in [6, 6.07) is 0. The molecule has 3 aliphatic rings. The lowest BCUT2D eigenvalue weighted by Crippen LogP contribution is -2.65. The van der Waals surface area contributed by atoms with Gasteiger partial charge in [-0.2, -0.15) is 0 Å². The van der Waals surface area contributed by atoms with E-state index in [9.17, 15) is 0 Å². The van der Waals surface area contributed by atoms with E-state index in [4.69, 9.17) is 0 Å². The lowest BCUT2D eigenvalue weighted by atomic mass is 9.33. The lowest BCUT2D eigenvalue weighted by Gasteiger charge is -2.71. The summed E-state index contributed by atoms with van der Waals surface area (Å²) < 4.78 is 0. The third-order valence-electron chi connectivity index (χ3n) is 4.04. The monoisotopic (exact) mass is 110 g/mol. The third-order valence-corrected chi connectivity index (χ3v) is 4.04. The fourth-order valence-electron chi connectivity index (χ4n) is 2.62. The van der Waals surface area contributed by atoms with Gasteiger partial charge < -0.3 is 0 Å². The average Bonchev–Trinajstić information content (AvgIpc) is 1.83. The molecule has 0 heteroatoms. The number of rotatable bonds is 0. The van der Waals surface area contributed by atoms with Crippen LogP contribution in [0.25, 0.3) is 0 Å². The molecule has 3 rings (SSSR count). The lowest BCUT2D eigenvalue weighted by molar-refractivity contribution is -0.231. The van der Waals surface area contributed by atoms with Crippen molar-refractivity contribution < 1.29 is 0 Å². The molecule has 0 N–H and O–H groups in total. The van der Waals surface area contributed by atoms with Crippen LogP contribution < -0.4 is 0 Å². The summed E-state index contributed by atoms with van der Waals surface area (Å²) in [5.41, 5.74) is 0.782. The molecule has 0 aliphatic heterocycles. The van der Waals surface area contributed by atoms with Gasteiger partial charge in [-0.25, -0.2) is 0 Å². The van der Waals surface area contributed by atoms with Gasteiger partial charge in [-0.05, 0) is 29.6 Å². The third kappa shape index (κ3) is 0.240. The summed E-state index contributed by atoms with van der Waals surface area (Å²) in [6.07, 6.45) is 1.52. The first-order valence-electron chi connectivity index (χ1n) is 3.66. The summed E-state index contributed by atoms with van der Waals surface area (Å²) in [4.78, 5) is 0. The zero-order valence-corrected chi connectivity index (χ0v) is 5.94. The normalized spacial score (nSPS) is 68.6. The van der Waals surface area contributed by atoms with Crippen LogP contribution in [0.1, 0.15) is 27.2 Å².